The normalized spacial score (nSPS) is 14.0. The fourth-order valence-corrected chi connectivity index (χ4v) is 5.12. The monoisotopic (exact) mass is 542 g/mol. The van der Waals surface area contributed by atoms with Crippen molar-refractivity contribution in [3.8, 4) is 11.4 Å². The molecule has 0 fully saturated rings. The molecule has 3 heterocycles. The van der Waals surface area contributed by atoms with E-state index in [1.807, 2.05) is 31.2 Å². The molecule has 0 radical (unpaired) electrons. The Balaban J connectivity index is 1.89. The number of aromatic nitrogens is 3. The number of hydrogen-bond donors (Lipinski definition) is 2. The topological polar surface area (TPSA) is 47.7 Å². The molecule has 39 heavy (non-hydrogen) atoms. The van der Waals surface area contributed by atoms with Crippen LogP contribution in [-0.2, 0) is 0 Å². The van der Waals surface area contributed by atoms with E-state index in [1.165, 1.54) is 11.6 Å². The summed E-state index contributed by atoms with van der Waals surface area (Å²) >= 11 is 1.12. The van der Waals surface area contributed by atoms with Gasteiger partial charge >= 0.3 is 0 Å². The highest BCUT2D eigenvalue weighted by atomic mass is 32.1. The van der Waals surface area contributed by atoms with Gasteiger partial charge in [-0.15, -0.1) is 11.3 Å². The third kappa shape index (κ3) is 7.65. The van der Waals surface area contributed by atoms with E-state index in [-0.39, 0.29) is 5.13 Å². The largest absolute Gasteiger partial charge is 0.357 e. The SMILES string of the molecule is C=C/C=C(/c1ccc(F)s1)c1cc(-c2n[nH]/c(=C/C=C(C)/C(/C=C(\C=C)CCCN(C)C)=C/C)c2=C)[nH]c1C. The Kier molecular flexibility index (Phi) is 10.6. The van der Waals surface area contributed by atoms with Crippen molar-refractivity contribution >= 4 is 29.6 Å². The first kappa shape index (κ1) is 29.8. The first-order valence-electron chi connectivity index (χ1n) is 13.0. The van der Waals surface area contributed by atoms with E-state index in [9.17, 15) is 4.39 Å². The maximum Gasteiger partial charge on any atom is 0.176 e. The average Bonchev–Trinajstić information content (AvgIpc) is 3.61. The van der Waals surface area contributed by atoms with Gasteiger partial charge in [0.1, 0.15) is 5.69 Å². The highest BCUT2D eigenvalue weighted by Crippen LogP contribution is 2.33. The number of rotatable bonds is 12. The summed E-state index contributed by atoms with van der Waals surface area (Å²) in [6, 6.07) is 5.31. The van der Waals surface area contributed by atoms with Crippen LogP contribution < -0.4 is 10.6 Å². The summed E-state index contributed by atoms with van der Waals surface area (Å²) in [5, 5.41) is 9.11. The predicted octanol–water partition coefficient (Wildman–Crippen LogP) is 7.07. The fourth-order valence-electron chi connectivity index (χ4n) is 4.35. The number of aryl methyl sites for hydroxylation is 1. The van der Waals surface area contributed by atoms with Crippen LogP contribution in [0.2, 0.25) is 0 Å². The van der Waals surface area contributed by atoms with Crippen LogP contribution >= 0.6 is 11.3 Å². The lowest BCUT2D eigenvalue weighted by Gasteiger charge is -2.10. The summed E-state index contributed by atoms with van der Waals surface area (Å²) in [5.41, 5.74) is 7.98. The second-order valence-electron chi connectivity index (χ2n) is 9.70. The van der Waals surface area contributed by atoms with Gasteiger partial charge in [0.25, 0.3) is 0 Å². The Hall–Kier alpha value is -3.74. The van der Waals surface area contributed by atoms with Gasteiger partial charge in [0.05, 0.1) is 11.0 Å². The molecule has 0 saturated heterocycles. The molecule has 3 aromatic rings. The molecule has 0 amide bonds. The lowest BCUT2D eigenvalue weighted by Crippen LogP contribution is -2.21. The van der Waals surface area contributed by atoms with E-state index in [1.54, 1.807) is 12.1 Å². The summed E-state index contributed by atoms with van der Waals surface area (Å²) in [4.78, 5) is 6.47. The standard InChI is InChI=1S/C33H39FN4S/c1-9-13-27(31-17-18-32(34)39-31)28-21-30(35-24(28)6)33-23(5)29(36-37-33)16-15-22(4)26(11-3)20-25(10-2)14-12-19-38(7)8/h9-11,13,15-18,20-21,35-36H,1-2,5,12,14,19H2,3-4,6-8H3/b22-15+,25-20+,26-11+,27-13+,29-16+. The van der Waals surface area contributed by atoms with Crippen LogP contribution in [0.25, 0.3) is 29.6 Å². The Bertz CT molecular complexity index is 1550. The van der Waals surface area contributed by atoms with Gasteiger partial charge in [-0.1, -0.05) is 56.2 Å². The third-order valence-electron chi connectivity index (χ3n) is 6.52. The minimum Gasteiger partial charge on any atom is -0.357 e. The summed E-state index contributed by atoms with van der Waals surface area (Å²) in [7, 11) is 4.19. The minimum atomic E-state index is -0.217. The number of nitrogens with one attached hydrogen (secondary N) is 2. The Morgan fingerprint density at radius 2 is 1.97 bits per heavy atom. The number of allylic oxidation sites excluding steroid dienone is 9. The smallest absolute Gasteiger partial charge is 0.176 e. The van der Waals surface area contributed by atoms with Crippen LogP contribution in [0.3, 0.4) is 0 Å². The van der Waals surface area contributed by atoms with Crippen molar-refractivity contribution in [3.63, 3.8) is 0 Å². The van der Waals surface area contributed by atoms with E-state index >= 15 is 0 Å². The van der Waals surface area contributed by atoms with E-state index < -0.39 is 0 Å². The average molecular weight is 543 g/mol. The highest BCUT2D eigenvalue weighted by molar-refractivity contribution is 7.11. The van der Waals surface area contributed by atoms with Crippen LogP contribution in [-0.4, -0.2) is 40.7 Å². The van der Waals surface area contributed by atoms with Gasteiger partial charge in [-0.25, -0.2) is 0 Å². The zero-order chi connectivity index (χ0) is 28.5. The van der Waals surface area contributed by atoms with Gasteiger partial charge in [-0.3, -0.25) is 5.10 Å². The van der Waals surface area contributed by atoms with Crippen molar-refractivity contribution < 1.29 is 4.39 Å². The first-order valence-corrected chi connectivity index (χ1v) is 13.8. The van der Waals surface area contributed by atoms with Crippen molar-refractivity contribution in [1.29, 1.82) is 0 Å². The molecular weight excluding hydrogens is 503 g/mol. The summed E-state index contributed by atoms with van der Waals surface area (Å²) < 4.78 is 13.7. The second kappa shape index (κ2) is 13.9. The Morgan fingerprint density at radius 3 is 2.59 bits per heavy atom. The predicted molar refractivity (Wildman–Crippen MR) is 167 cm³/mol. The van der Waals surface area contributed by atoms with E-state index in [0.717, 1.165) is 85.5 Å². The Labute approximate surface area is 235 Å². The lowest BCUT2D eigenvalue weighted by atomic mass is 10.0. The maximum atomic E-state index is 13.7. The molecule has 4 nitrogen and oxygen atoms in total. The van der Waals surface area contributed by atoms with Crippen molar-refractivity contribution in [3.05, 3.63) is 116 Å². The minimum absolute atomic E-state index is 0.217. The van der Waals surface area contributed by atoms with Gasteiger partial charge in [0.15, 0.2) is 5.13 Å². The van der Waals surface area contributed by atoms with Crippen molar-refractivity contribution in [2.24, 2.45) is 0 Å². The molecule has 0 bridgehead atoms. The zero-order valence-corrected chi connectivity index (χ0v) is 24.5. The van der Waals surface area contributed by atoms with Crippen LogP contribution in [0.5, 0.6) is 0 Å². The van der Waals surface area contributed by atoms with Gasteiger partial charge in [0, 0.05) is 26.9 Å². The quantitative estimate of drug-likeness (QED) is 0.241. The molecule has 0 aliphatic rings. The van der Waals surface area contributed by atoms with Crippen molar-refractivity contribution in [1.82, 2.24) is 20.1 Å². The molecule has 0 saturated carbocycles. The van der Waals surface area contributed by atoms with Crippen LogP contribution in [0.4, 0.5) is 4.39 Å². The zero-order valence-electron chi connectivity index (χ0n) is 23.7. The number of nitrogens with zero attached hydrogens (tertiary/aromatic N) is 2. The summed E-state index contributed by atoms with van der Waals surface area (Å²) in [6.07, 6.45) is 16.1. The molecule has 0 aliphatic heterocycles. The number of thiophene rings is 1. The molecule has 6 heteroatoms. The number of H-pyrrole nitrogens is 2. The molecule has 0 atom stereocenters. The van der Waals surface area contributed by atoms with Crippen molar-refractivity contribution in [2.75, 3.05) is 20.6 Å². The maximum absolute atomic E-state index is 13.7. The molecular formula is C33H39FN4S. The number of aromatic amines is 2. The van der Waals surface area contributed by atoms with Gasteiger partial charge in [-0.2, -0.15) is 9.49 Å². The third-order valence-corrected chi connectivity index (χ3v) is 7.43. The number of hydrogen-bond acceptors (Lipinski definition) is 3. The molecule has 0 aromatic carbocycles. The fraction of sp³-hybridized carbons (Fsp3) is 0.242. The molecule has 0 spiro atoms. The van der Waals surface area contributed by atoms with Gasteiger partial charge in [-0.05, 0) is 95.2 Å². The number of halogens is 1. The van der Waals surface area contributed by atoms with Crippen molar-refractivity contribution in [2.45, 2.75) is 33.6 Å². The Morgan fingerprint density at radius 1 is 1.21 bits per heavy atom. The molecule has 3 aromatic heterocycles. The molecule has 3 rings (SSSR count). The van der Waals surface area contributed by atoms with Crippen LogP contribution in [0.15, 0.2) is 84.5 Å². The molecule has 2 N–H and O–H groups in total. The molecule has 0 unspecified atom stereocenters. The van der Waals surface area contributed by atoms with Crippen LogP contribution in [0, 0.1) is 12.1 Å². The summed E-state index contributed by atoms with van der Waals surface area (Å²) in [5.74, 6) is 0. The molecule has 204 valence electrons. The van der Waals surface area contributed by atoms with E-state index in [4.69, 9.17) is 0 Å². The van der Waals surface area contributed by atoms with Gasteiger partial charge < -0.3 is 9.88 Å². The molecule has 0 aliphatic carbocycles. The van der Waals surface area contributed by atoms with E-state index in [0.29, 0.717) is 0 Å². The highest BCUT2D eigenvalue weighted by Gasteiger charge is 2.16. The summed E-state index contributed by atoms with van der Waals surface area (Å²) in [6.45, 7) is 19.3. The van der Waals surface area contributed by atoms with Crippen LogP contribution in [0.1, 0.15) is 42.8 Å². The lowest BCUT2D eigenvalue weighted by molar-refractivity contribution is 0.400. The van der Waals surface area contributed by atoms with Gasteiger partial charge in [0.2, 0.25) is 0 Å². The van der Waals surface area contributed by atoms with E-state index in [2.05, 4.69) is 86.0 Å². The first-order chi connectivity index (χ1) is 18.7. The second-order valence-corrected chi connectivity index (χ2v) is 10.7.